The molecule has 11 heteroatoms. The Balaban J connectivity index is 1.68. The highest BCUT2D eigenvalue weighted by atomic mass is 16.7. The Bertz CT molecular complexity index is 1080. The van der Waals surface area contributed by atoms with Gasteiger partial charge in [-0.05, 0) is 43.3 Å². The number of carbonyl (C=O) groups is 1. The largest absolute Gasteiger partial charge is 0.389 e. The van der Waals surface area contributed by atoms with Crippen molar-refractivity contribution in [1.82, 2.24) is 25.2 Å². The number of aryl methyl sites for hydroxylation is 1. The molecule has 0 aliphatic rings. The van der Waals surface area contributed by atoms with Crippen molar-refractivity contribution in [2.45, 2.75) is 33.7 Å². The zero-order chi connectivity index (χ0) is 24.3. The molecule has 1 amide bonds. The Morgan fingerprint density at radius 1 is 1.09 bits per heavy atom. The average molecular weight is 468 g/mol. The molecular formula is C23H29N7O4. The van der Waals surface area contributed by atoms with Crippen LogP contribution in [0.4, 0.5) is 5.82 Å². The van der Waals surface area contributed by atoms with Crippen LogP contribution in [0.3, 0.4) is 0 Å². The van der Waals surface area contributed by atoms with Crippen LogP contribution in [-0.4, -0.2) is 56.3 Å². The molecule has 0 radical (unpaired) electrons. The molecule has 0 fully saturated rings. The third-order valence-corrected chi connectivity index (χ3v) is 4.79. The lowest BCUT2D eigenvalue weighted by atomic mass is 10.1. The van der Waals surface area contributed by atoms with Crippen molar-refractivity contribution in [1.29, 1.82) is 0 Å². The Labute approximate surface area is 198 Å². The summed E-state index contributed by atoms with van der Waals surface area (Å²) in [5.74, 6) is 0.0954. The summed E-state index contributed by atoms with van der Waals surface area (Å²) >= 11 is 0. The molecule has 1 unspecified atom stereocenters. The van der Waals surface area contributed by atoms with Crippen LogP contribution in [-0.2, 0) is 32.8 Å². The number of carbonyl (C=O) groups excluding carboxylic acids is 1. The number of aromatic nitrogens is 5. The molecule has 11 nitrogen and oxygen atoms in total. The van der Waals surface area contributed by atoms with Crippen LogP contribution < -0.4 is 5.32 Å². The van der Waals surface area contributed by atoms with Gasteiger partial charge in [0, 0.05) is 25.8 Å². The second-order valence-electron chi connectivity index (χ2n) is 7.28. The van der Waals surface area contributed by atoms with Gasteiger partial charge in [-0.1, -0.05) is 41.6 Å². The van der Waals surface area contributed by atoms with Gasteiger partial charge in [-0.3, -0.25) is 4.79 Å². The van der Waals surface area contributed by atoms with Crippen molar-refractivity contribution in [3.8, 4) is 0 Å². The summed E-state index contributed by atoms with van der Waals surface area (Å²) in [6.07, 6.45) is -0.623. The van der Waals surface area contributed by atoms with Crippen molar-refractivity contribution in [2.24, 2.45) is 18.1 Å². The Kier molecular flexibility index (Phi) is 9.18. The number of amides is 1. The monoisotopic (exact) mass is 467 g/mol. The highest BCUT2D eigenvalue weighted by molar-refractivity contribution is 6.10. The van der Waals surface area contributed by atoms with Gasteiger partial charge in [0.2, 0.25) is 11.7 Å². The molecule has 1 atom stereocenters. The highest BCUT2D eigenvalue weighted by Crippen LogP contribution is 2.14. The maximum absolute atomic E-state index is 12.7. The maximum atomic E-state index is 12.7. The van der Waals surface area contributed by atoms with Crippen LogP contribution >= 0.6 is 0 Å². The van der Waals surface area contributed by atoms with Crippen molar-refractivity contribution in [3.05, 3.63) is 65.6 Å². The molecule has 1 aromatic carbocycles. The van der Waals surface area contributed by atoms with E-state index >= 15 is 0 Å². The minimum absolute atomic E-state index is 0.0847. The molecule has 0 bridgehead atoms. The molecule has 0 spiro atoms. The molecular weight excluding hydrogens is 438 g/mol. The number of hydrogen-bond acceptors (Lipinski definition) is 9. The zero-order valence-corrected chi connectivity index (χ0v) is 19.7. The molecule has 0 aliphatic carbocycles. The quantitative estimate of drug-likeness (QED) is 0.245. The average Bonchev–Trinajstić information content (AvgIpc) is 3.27. The van der Waals surface area contributed by atoms with Crippen LogP contribution in [0.1, 0.15) is 37.9 Å². The van der Waals surface area contributed by atoms with E-state index in [1.807, 2.05) is 44.2 Å². The van der Waals surface area contributed by atoms with Gasteiger partial charge in [0.15, 0.2) is 18.6 Å². The van der Waals surface area contributed by atoms with Gasteiger partial charge < -0.3 is 19.6 Å². The van der Waals surface area contributed by atoms with Crippen molar-refractivity contribution < 1.29 is 19.1 Å². The number of anilines is 1. The second kappa shape index (κ2) is 12.5. The van der Waals surface area contributed by atoms with E-state index in [2.05, 4.69) is 31.0 Å². The lowest BCUT2D eigenvalue weighted by Gasteiger charge is -2.22. The van der Waals surface area contributed by atoms with Gasteiger partial charge in [0.05, 0.1) is 11.6 Å². The Morgan fingerprint density at radius 3 is 2.47 bits per heavy atom. The minimum atomic E-state index is -0.623. The van der Waals surface area contributed by atoms with Crippen molar-refractivity contribution in [3.63, 3.8) is 0 Å². The van der Waals surface area contributed by atoms with E-state index in [0.29, 0.717) is 36.3 Å². The van der Waals surface area contributed by atoms with Gasteiger partial charge in [0.25, 0.3) is 0 Å². The molecule has 2 aromatic heterocycles. The van der Waals surface area contributed by atoms with Crippen molar-refractivity contribution >= 4 is 17.4 Å². The smallest absolute Gasteiger partial charge is 0.233 e. The van der Waals surface area contributed by atoms with E-state index in [9.17, 15) is 4.79 Å². The first-order valence-electron chi connectivity index (χ1n) is 11.0. The fourth-order valence-electron chi connectivity index (χ4n) is 3.07. The van der Waals surface area contributed by atoms with Gasteiger partial charge in [-0.2, -0.15) is 0 Å². The summed E-state index contributed by atoms with van der Waals surface area (Å²) in [4.78, 5) is 22.7. The number of hydrogen-bond donors (Lipinski definition) is 1. The van der Waals surface area contributed by atoms with Gasteiger partial charge in [0.1, 0.15) is 5.82 Å². The first-order chi connectivity index (χ1) is 16.5. The first kappa shape index (κ1) is 24.9. The van der Waals surface area contributed by atoms with Crippen LogP contribution in [0.25, 0.3) is 0 Å². The molecule has 3 rings (SSSR count). The number of oxime groups is 1. The van der Waals surface area contributed by atoms with E-state index in [4.69, 9.17) is 14.3 Å². The Morgan fingerprint density at radius 2 is 1.82 bits per heavy atom. The predicted molar refractivity (Wildman–Crippen MR) is 125 cm³/mol. The van der Waals surface area contributed by atoms with E-state index in [-0.39, 0.29) is 12.5 Å². The molecule has 0 saturated heterocycles. The first-order valence-corrected chi connectivity index (χ1v) is 11.0. The van der Waals surface area contributed by atoms with Crippen LogP contribution in [0.5, 0.6) is 0 Å². The fraction of sp³-hybridized carbons (Fsp3) is 0.391. The summed E-state index contributed by atoms with van der Waals surface area (Å²) in [5, 5.41) is 18.6. The molecule has 2 heterocycles. The van der Waals surface area contributed by atoms with Crippen molar-refractivity contribution in [2.75, 3.05) is 18.5 Å². The zero-order valence-electron chi connectivity index (χ0n) is 19.7. The van der Waals surface area contributed by atoms with E-state index in [0.717, 1.165) is 5.56 Å². The highest BCUT2D eigenvalue weighted by Gasteiger charge is 2.25. The van der Waals surface area contributed by atoms with E-state index < -0.39 is 12.2 Å². The maximum Gasteiger partial charge on any atom is 0.233 e. The fourth-order valence-corrected chi connectivity index (χ4v) is 3.07. The van der Waals surface area contributed by atoms with Crippen LogP contribution in [0.15, 0.2) is 53.7 Å². The number of pyridine rings is 1. The molecule has 180 valence electrons. The van der Waals surface area contributed by atoms with Gasteiger partial charge in [-0.25, -0.2) is 9.67 Å². The topological polar surface area (TPSA) is 126 Å². The minimum Gasteiger partial charge on any atom is -0.389 e. The Hall–Kier alpha value is -3.70. The SMILES string of the molecule is CCOC(OCC)C(C)C(=O)Nc1cccc(CO/N=C(/c2ccccc2)c2nnnn2C)n1. The molecule has 1 N–H and O–H groups in total. The summed E-state index contributed by atoms with van der Waals surface area (Å²) < 4.78 is 12.6. The number of ether oxygens (including phenoxy) is 2. The lowest BCUT2D eigenvalue weighted by molar-refractivity contribution is -0.170. The number of rotatable bonds is 12. The predicted octanol–water partition coefficient (Wildman–Crippen LogP) is 2.55. The summed E-state index contributed by atoms with van der Waals surface area (Å²) in [7, 11) is 1.73. The number of nitrogens with one attached hydrogen (secondary N) is 1. The van der Waals surface area contributed by atoms with Crippen LogP contribution in [0, 0.1) is 5.92 Å². The molecule has 34 heavy (non-hydrogen) atoms. The molecule has 3 aromatic rings. The summed E-state index contributed by atoms with van der Waals surface area (Å²) in [6.45, 7) is 6.44. The lowest BCUT2D eigenvalue weighted by Crippen LogP contribution is -2.35. The second-order valence-corrected chi connectivity index (χ2v) is 7.28. The van der Waals surface area contributed by atoms with Gasteiger partial charge >= 0.3 is 0 Å². The third kappa shape index (κ3) is 6.65. The van der Waals surface area contributed by atoms with Crippen LogP contribution in [0.2, 0.25) is 0 Å². The van der Waals surface area contributed by atoms with E-state index in [1.54, 1.807) is 32.2 Å². The number of tetrazole rings is 1. The summed E-state index contributed by atoms with van der Waals surface area (Å²) in [5.41, 5.74) is 1.88. The number of nitrogens with zero attached hydrogens (tertiary/aromatic N) is 6. The van der Waals surface area contributed by atoms with E-state index in [1.165, 1.54) is 4.68 Å². The van der Waals surface area contributed by atoms with Gasteiger partial charge in [-0.15, -0.1) is 5.10 Å². The standard InChI is InChI=1S/C23H29N7O4/c1-5-32-23(33-6-2)16(3)22(31)25-19-14-10-13-18(24-19)15-34-27-20(17-11-8-7-9-12-17)21-26-28-29-30(21)4/h7-14,16,23H,5-6,15H2,1-4H3,(H,24,25,31)/b27-20-. The third-order valence-electron chi connectivity index (χ3n) is 4.79. The summed E-state index contributed by atoms with van der Waals surface area (Å²) in [6, 6.07) is 14.7. The molecule has 0 aliphatic heterocycles. The normalized spacial score (nSPS) is 12.6. The molecule has 0 saturated carbocycles. The number of benzene rings is 1.